The largest absolute Gasteiger partial charge is 0.497 e. The molecule has 3 rings (SSSR count). The summed E-state index contributed by atoms with van der Waals surface area (Å²) in [5, 5.41) is 11.1. The van der Waals surface area contributed by atoms with Crippen molar-refractivity contribution in [1.29, 1.82) is 0 Å². The van der Waals surface area contributed by atoms with E-state index in [-0.39, 0.29) is 11.6 Å². The van der Waals surface area contributed by atoms with Crippen LogP contribution in [-0.4, -0.2) is 33.0 Å². The summed E-state index contributed by atoms with van der Waals surface area (Å²) in [6.07, 6.45) is 0. The molecule has 0 spiro atoms. The molecule has 0 radical (unpaired) electrons. The summed E-state index contributed by atoms with van der Waals surface area (Å²) in [5.74, 6) is -0.901. The number of amides is 1. The minimum atomic E-state index is -1.02. The molecule has 0 fully saturated rings. The second-order valence-electron chi connectivity index (χ2n) is 6.16. The van der Waals surface area contributed by atoms with E-state index in [1.807, 2.05) is 35.8 Å². The first-order valence-electron chi connectivity index (χ1n) is 8.93. The summed E-state index contributed by atoms with van der Waals surface area (Å²) in [6, 6.07) is 10.7. The average Bonchev–Trinajstić information content (AvgIpc) is 3.13. The summed E-state index contributed by atoms with van der Waals surface area (Å²) in [5.41, 5.74) is 1.07. The van der Waals surface area contributed by atoms with Crippen molar-refractivity contribution >= 4 is 23.4 Å². The quantitative estimate of drug-likeness (QED) is 0.577. The predicted molar refractivity (Wildman–Crippen MR) is 108 cm³/mol. The van der Waals surface area contributed by atoms with Gasteiger partial charge in [0.25, 0.3) is 0 Å². The molecular weight excluding hydrogens is 398 g/mol. The maximum atomic E-state index is 13.3. The molecule has 0 unspecified atom stereocenters. The Kier molecular flexibility index (Phi) is 6.48. The van der Waals surface area contributed by atoms with Crippen molar-refractivity contribution < 1.29 is 18.3 Å². The SMILES string of the molecule is CCn1c(S[C@@H](C)C(=O)Nc2ccc(F)c(F)c2)nnc1-c1ccc(OC)cc1. The molecule has 3 aromatic rings. The van der Waals surface area contributed by atoms with Crippen LogP contribution < -0.4 is 10.1 Å². The van der Waals surface area contributed by atoms with Crippen LogP contribution in [0.3, 0.4) is 0 Å². The molecule has 6 nitrogen and oxygen atoms in total. The molecule has 0 saturated heterocycles. The molecule has 1 heterocycles. The van der Waals surface area contributed by atoms with Crippen molar-refractivity contribution in [2.75, 3.05) is 12.4 Å². The van der Waals surface area contributed by atoms with Gasteiger partial charge in [0.1, 0.15) is 5.75 Å². The average molecular weight is 418 g/mol. The minimum Gasteiger partial charge on any atom is -0.497 e. The van der Waals surface area contributed by atoms with E-state index in [0.717, 1.165) is 23.4 Å². The van der Waals surface area contributed by atoms with Gasteiger partial charge in [-0.15, -0.1) is 10.2 Å². The lowest BCUT2D eigenvalue weighted by Gasteiger charge is -2.13. The molecule has 1 aromatic heterocycles. The monoisotopic (exact) mass is 418 g/mol. The normalized spacial score (nSPS) is 11.9. The van der Waals surface area contributed by atoms with E-state index in [1.54, 1.807) is 14.0 Å². The summed E-state index contributed by atoms with van der Waals surface area (Å²) in [6.45, 7) is 4.29. The molecule has 1 amide bonds. The molecule has 0 saturated carbocycles. The third-order valence-corrected chi connectivity index (χ3v) is 5.30. The molecule has 0 bridgehead atoms. The lowest BCUT2D eigenvalue weighted by atomic mass is 10.2. The number of rotatable bonds is 7. The highest BCUT2D eigenvalue weighted by Gasteiger charge is 2.21. The number of ether oxygens (including phenoxy) is 1. The third-order valence-electron chi connectivity index (χ3n) is 4.22. The summed E-state index contributed by atoms with van der Waals surface area (Å²) in [4.78, 5) is 12.4. The highest BCUT2D eigenvalue weighted by molar-refractivity contribution is 8.00. The Hall–Kier alpha value is -2.94. The van der Waals surface area contributed by atoms with Gasteiger partial charge in [0.2, 0.25) is 5.91 Å². The van der Waals surface area contributed by atoms with E-state index >= 15 is 0 Å². The Labute approximate surface area is 171 Å². The Balaban J connectivity index is 1.74. The van der Waals surface area contributed by atoms with Crippen LogP contribution >= 0.6 is 11.8 Å². The van der Waals surface area contributed by atoms with Gasteiger partial charge in [-0.3, -0.25) is 4.79 Å². The third kappa shape index (κ3) is 4.73. The Morgan fingerprint density at radius 2 is 1.90 bits per heavy atom. The number of benzene rings is 2. The molecule has 0 aliphatic heterocycles. The van der Waals surface area contributed by atoms with Crippen molar-refractivity contribution in [1.82, 2.24) is 14.8 Å². The van der Waals surface area contributed by atoms with Gasteiger partial charge in [0.05, 0.1) is 12.4 Å². The Bertz CT molecular complexity index is 1010. The fourth-order valence-electron chi connectivity index (χ4n) is 2.64. The zero-order chi connectivity index (χ0) is 21.0. The maximum Gasteiger partial charge on any atom is 0.237 e. The van der Waals surface area contributed by atoms with Gasteiger partial charge in [-0.25, -0.2) is 8.78 Å². The zero-order valence-corrected chi connectivity index (χ0v) is 17.0. The van der Waals surface area contributed by atoms with Gasteiger partial charge in [0, 0.05) is 23.9 Å². The van der Waals surface area contributed by atoms with Gasteiger partial charge in [-0.1, -0.05) is 11.8 Å². The first-order valence-corrected chi connectivity index (χ1v) is 9.81. The Morgan fingerprint density at radius 1 is 1.17 bits per heavy atom. The van der Waals surface area contributed by atoms with Crippen LogP contribution in [-0.2, 0) is 11.3 Å². The number of carbonyl (C=O) groups is 1. The zero-order valence-electron chi connectivity index (χ0n) is 16.1. The molecule has 0 aliphatic rings. The number of nitrogens with zero attached hydrogens (tertiary/aromatic N) is 3. The van der Waals surface area contributed by atoms with Gasteiger partial charge < -0.3 is 14.6 Å². The van der Waals surface area contributed by atoms with E-state index in [0.29, 0.717) is 17.5 Å². The highest BCUT2D eigenvalue weighted by atomic mass is 32.2. The number of hydrogen-bond acceptors (Lipinski definition) is 5. The van der Waals surface area contributed by atoms with Gasteiger partial charge in [0.15, 0.2) is 22.6 Å². The van der Waals surface area contributed by atoms with Crippen LogP contribution in [0.25, 0.3) is 11.4 Å². The first kappa shape index (κ1) is 20.8. The number of thioether (sulfide) groups is 1. The highest BCUT2D eigenvalue weighted by Crippen LogP contribution is 2.28. The number of anilines is 1. The van der Waals surface area contributed by atoms with E-state index in [9.17, 15) is 13.6 Å². The standard InChI is InChI=1S/C20H20F2N4O2S/c1-4-26-18(13-5-8-15(28-3)9-6-13)24-25-20(26)29-12(2)19(27)23-14-7-10-16(21)17(22)11-14/h5-12H,4H2,1-3H3,(H,23,27)/t12-/m0/s1. The molecule has 0 aliphatic carbocycles. The second-order valence-corrected chi connectivity index (χ2v) is 7.47. The van der Waals surface area contributed by atoms with Gasteiger partial charge in [-0.05, 0) is 50.2 Å². The van der Waals surface area contributed by atoms with E-state index in [4.69, 9.17) is 4.74 Å². The number of nitrogens with one attached hydrogen (secondary N) is 1. The minimum absolute atomic E-state index is 0.192. The van der Waals surface area contributed by atoms with Crippen LogP contribution in [0.5, 0.6) is 5.75 Å². The van der Waals surface area contributed by atoms with Crippen molar-refractivity contribution in [3.05, 3.63) is 54.1 Å². The molecule has 29 heavy (non-hydrogen) atoms. The fourth-order valence-corrected chi connectivity index (χ4v) is 3.56. The molecule has 152 valence electrons. The van der Waals surface area contributed by atoms with Gasteiger partial charge >= 0.3 is 0 Å². The smallest absolute Gasteiger partial charge is 0.237 e. The lowest BCUT2D eigenvalue weighted by molar-refractivity contribution is -0.115. The Morgan fingerprint density at radius 3 is 2.52 bits per heavy atom. The summed E-state index contributed by atoms with van der Waals surface area (Å²) in [7, 11) is 1.60. The molecule has 1 atom stereocenters. The van der Waals surface area contributed by atoms with E-state index in [1.165, 1.54) is 17.8 Å². The topological polar surface area (TPSA) is 69.0 Å². The summed E-state index contributed by atoms with van der Waals surface area (Å²) < 4.78 is 33.4. The van der Waals surface area contributed by atoms with Crippen molar-refractivity contribution in [2.45, 2.75) is 30.8 Å². The number of hydrogen-bond donors (Lipinski definition) is 1. The van der Waals surface area contributed by atoms with Crippen molar-refractivity contribution in [2.24, 2.45) is 0 Å². The number of aromatic nitrogens is 3. The molecule has 2 aromatic carbocycles. The number of methoxy groups -OCH3 is 1. The van der Waals surface area contributed by atoms with E-state index in [2.05, 4.69) is 15.5 Å². The van der Waals surface area contributed by atoms with Crippen molar-refractivity contribution in [3.63, 3.8) is 0 Å². The van der Waals surface area contributed by atoms with Crippen LogP contribution in [0.15, 0.2) is 47.6 Å². The number of halogens is 2. The predicted octanol–water partition coefficient (Wildman–Crippen LogP) is 4.37. The molecule has 9 heteroatoms. The van der Waals surface area contributed by atoms with Crippen LogP contribution in [0.2, 0.25) is 0 Å². The van der Waals surface area contributed by atoms with Crippen LogP contribution in [0, 0.1) is 11.6 Å². The van der Waals surface area contributed by atoms with Crippen LogP contribution in [0.4, 0.5) is 14.5 Å². The van der Waals surface area contributed by atoms with Gasteiger partial charge in [-0.2, -0.15) is 0 Å². The van der Waals surface area contributed by atoms with E-state index < -0.39 is 16.9 Å². The molecule has 1 N–H and O–H groups in total. The molecular formula is C20H20F2N4O2S. The summed E-state index contributed by atoms with van der Waals surface area (Å²) >= 11 is 1.24. The fraction of sp³-hybridized carbons (Fsp3) is 0.250. The lowest BCUT2D eigenvalue weighted by Crippen LogP contribution is -2.23. The van der Waals surface area contributed by atoms with Crippen molar-refractivity contribution in [3.8, 4) is 17.1 Å². The number of carbonyl (C=O) groups excluding carboxylic acids is 1. The second kappa shape index (κ2) is 9.04. The van der Waals surface area contributed by atoms with Crippen LogP contribution in [0.1, 0.15) is 13.8 Å². The maximum absolute atomic E-state index is 13.3. The first-order chi connectivity index (χ1) is 13.9.